The molecule has 2 N–H and O–H groups in total. The van der Waals surface area contributed by atoms with Gasteiger partial charge in [-0.1, -0.05) is 26.8 Å². The largest absolute Gasteiger partial charge is 0.492 e. The van der Waals surface area contributed by atoms with Gasteiger partial charge < -0.3 is 19.8 Å². The molecule has 1 heterocycles. The van der Waals surface area contributed by atoms with Gasteiger partial charge in [0.05, 0.1) is 18.9 Å². The van der Waals surface area contributed by atoms with Crippen molar-refractivity contribution in [3.63, 3.8) is 0 Å². The number of benzene rings is 1. The van der Waals surface area contributed by atoms with Gasteiger partial charge in [-0.2, -0.15) is 0 Å². The second-order valence-corrected chi connectivity index (χ2v) is 13.9. The van der Waals surface area contributed by atoms with E-state index in [-0.39, 0.29) is 17.0 Å². The molecule has 0 spiro atoms. The van der Waals surface area contributed by atoms with Gasteiger partial charge in [-0.15, -0.1) is 0 Å². The molecule has 2 rings (SSSR count). The number of hydrogen-bond donors (Lipinski definition) is 1. The van der Waals surface area contributed by atoms with Gasteiger partial charge in [0.15, 0.2) is 19.9 Å². The fourth-order valence-corrected chi connectivity index (χ4v) is 4.75. The Morgan fingerprint density at radius 1 is 1.18 bits per heavy atom. The molecule has 0 amide bonds. The van der Waals surface area contributed by atoms with Crippen LogP contribution in [-0.2, 0) is 4.43 Å². The van der Waals surface area contributed by atoms with E-state index in [9.17, 15) is 4.39 Å². The number of rotatable bonds is 8. The van der Waals surface area contributed by atoms with Gasteiger partial charge in [-0.3, -0.25) is 4.90 Å². The number of methoxy groups -OCH3 is 1. The Labute approximate surface area is 171 Å². The molecule has 7 heteroatoms. The zero-order valence-electron chi connectivity index (χ0n) is 18.4. The highest BCUT2D eigenvalue weighted by atomic mass is 28.4. The molecule has 160 valence electrons. The van der Waals surface area contributed by atoms with Crippen LogP contribution in [0.2, 0.25) is 18.1 Å². The molecule has 0 aliphatic carbocycles. The molecular weight excluding hydrogens is 373 g/mol. The van der Waals surface area contributed by atoms with Gasteiger partial charge >= 0.3 is 0 Å². The highest BCUT2D eigenvalue weighted by molar-refractivity contribution is 6.74. The first-order chi connectivity index (χ1) is 13.1. The second-order valence-electron chi connectivity index (χ2n) is 9.16. The van der Waals surface area contributed by atoms with Crippen LogP contribution in [0.15, 0.2) is 18.2 Å². The average Bonchev–Trinajstić information content (AvgIpc) is 2.61. The summed E-state index contributed by atoms with van der Waals surface area (Å²) in [6.45, 7) is 16.5. The number of nitrogens with zero attached hydrogens (tertiary/aromatic N) is 2. The summed E-state index contributed by atoms with van der Waals surface area (Å²) in [5, 5.41) is 0.187. The number of hydrogen-bond acceptors (Lipinski definition) is 5. The maximum atomic E-state index is 14.0. The van der Waals surface area contributed by atoms with E-state index >= 15 is 0 Å². The van der Waals surface area contributed by atoms with Crippen molar-refractivity contribution in [2.24, 2.45) is 5.73 Å². The third kappa shape index (κ3) is 5.69. The van der Waals surface area contributed by atoms with E-state index < -0.39 is 8.32 Å². The molecule has 1 aromatic carbocycles. The van der Waals surface area contributed by atoms with Gasteiger partial charge in [-0.25, -0.2) is 4.39 Å². The zero-order chi connectivity index (χ0) is 20.9. The number of piperazine rings is 1. The van der Waals surface area contributed by atoms with E-state index in [0.29, 0.717) is 12.3 Å². The molecule has 0 aromatic heterocycles. The van der Waals surface area contributed by atoms with Crippen LogP contribution < -0.4 is 15.4 Å². The second kappa shape index (κ2) is 9.56. The SMILES string of the molecule is COc1c(F)cccc1N1CCN(C[C@@H](CCN)O[Si](C)(C)C(C)(C)C)CC1. The summed E-state index contributed by atoms with van der Waals surface area (Å²) in [7, 11) is -0.304. The molecule has 0 saturated carbocycles. The lowest BCUT2D eigenvalue weighted by Crippen LogP contribution is -2.52. The van der Waals surface area contributed by atoms with Crippen LogP contribution in [0.3, 0.4) is 0 Å². The molecular formula is C21H38FN3O2Si. The van der Waals surface area contributed by atoms with Crippen molar-refractivity contribution in [1.29, 1.82) is 0 Å². The van der Waals surface area contributed by atoms with E-state index in [4.69, 9.17) is 14.9 Å². The van der Waals surface area contributed by atoms with Crippen molar-refractivity contribution >= 4 is 14.0 Å². The fraction of sp³-hybridized carbons (Fsp3) is 0.714. The maximum absolute atomic E-state index is 14.0. The van der Waals surface area contributed by atoms with Crippen molar-refractivity contribution in [3.05, 3.63) is 24.0 Å². The van der Waals surface area contributed by atoms with Crippen LogP contribution >= 0.6 is 0 Å². The predicted octanol–water partition coefficient (Wildman–Crippen LogP) is 3.70. The number of halogens is 1. The Balaban J connectivity index is 1.97. The molecule has 1 aromatic rings. The highest BCUT2D eigenvalue weighted by Crippen LogP contribution is 2.38. The van der Waals surface area contributed by atoms with Crippen LogP contribution in [0.25, 0.3) is 0 Å². The molecule has 28 heavy (non-hydrogen) atoms. The molecule has 1 saturated heterocycles. The minimum atomic E-state index is -1.83. The number of para-hydroxylation sites is 1. The molecule has 5 nitrogen and oxygen atoms in total. The summed E-state index contributed by atoms with van der Waals surface area (Å²) >= 11 is 0. The molecule has 0 radical (unpaired) electrons. The number of anilines is 1. The first-order valence-corrected chi connectivity index (χ1v) is 13.2. The van der Waals surface area contributed by atoms with Gasteiger partial charge in [-0.05, 0) is 43.2 Å². The van der Waals surface area contributed by atoms with E-state index in [1.54, 1.807) is 6.07 Å². The van der Waals surface area contributed by atoms with Crippen LogP contribution in [0, 0.1) is 5.82 Å². The van der Waals surface area contributed by atoms with Gasteiger partial charge in [0.2, 0.25) is 0 Å². The molecule has 1 aliphatic rings. The van der Waals surface area contributed by atoms with Crippen LogP contribution in [0.4, 0.5) is 10.1 Å². The molecule has 0 bridgehead atoms. The average molecular weight is 412 g/mol. The van der Waals surface area contributed by atoms with Gasteiger partial charge in [0.1, 0.15) is 0 Å². The first kappa shape index (κ1) is 23.1. The summed E-state index contributed by atoms with van der Waals surface area (Å²) in [6, 6.07) is 5.10. The Bertz CT molecular complexity index is 629. The quantitative estimate of drug-likeness (QED) is 0.661. The van der Waals surface area contributed by atoms with E-state index in [1.165, 1.54) is 13.2 Å². The lowest BCUT2D eigenvalue weighted by molar-refractivity contribution is 0.111. The summed E-state index contributed by atoms with van der Waals surface area (Å²) in [4.78, 5) is 4.64. The Kier molecular flexibility index (Phi) is 7.90. The molecule has 1 fully saturated rings. The minimum absolute atomic E-state index is 0.168. The monoisotopic (exact) mass is 411 g/mol. The molecule has 0 unspecified atom stereocenters. The topological polar surface area (TPSA) is 51.0 Å². The van der Waals surface area contributed by atoms with Gasteiger partial charge in [0, 0.05) is 32.7 Å². The normalized spacial score (nSPS) is 17.6. The number of ether oxygens (including phenoxy) is 1. The van der Waals surface area contributed by atoms with Crippen molar-refractivity contribution in [2.75, 3.05) is 51.3 Å². The summed E-state index contributed by atoms with van der Waals surface area (Å²) in [5.74, 6) is 0.0198. The Morgan fingerprint density at radius 2 is 1.82 bits per heavy atom. The van der Waals surface area contributed by atoms with Crippen LogP contribution in [-0.4, -0.2) is 65.7 Å². The molecule has 1 atom stereocenters. The van der Waals surface area contributed by atoms with Crippen molar-refractivity contribution in [2.45, 2.75) is 51.4 Å². The fourth-order valence-electron chi connectivity index (χ4n) is 3.37. The van der Waals surface area contributed by atoms with Crippen molar-refractivity contribution in [3.8, 4) is 5.75 Å². The van der Waals surface area contributed by atoms with Crippen molar-refractivity contribution < 1.29 is 13.6 Å². The van der Waals surface area contributed by atoms with E-state index in [1.807, 2.05) is 6.07 Å². The van der Waals surface area contributed by atoms with Gasteiger partial charge in [0.25, 0.3) is 0 Å². The molecule has 1 aliphatic heterocycles. The van der Waals surface area contributed by atoms with E-state index in [0.717, 1.165) is 44.8 Å². The maximum Gasteiger partial charge on any atom is 0.192 e. The van der Waals surface area contributed by atoms with E-state index in [2.05, 4.69) is 43.7 Å². The summed E-state index contributed by atoms with van der Waals surface area (Å²) in [5.41, 5.74) is 6.70. The smallest absolute Gasteiger partial charge is 0.192 e. The first-order valence-electron chi connectivity index (χ1n) is 10.3. The summed E-state index contributed by atoms with van der Waals surface area (Å²) in [6.07, 6.45) is 1.05. The lowest BCUT2D eigenvalue weighted by atomic mass is 10.2. The lowest BCUT2D eigenvalue weighted by Gasteiger charge is -2.42. The minimum Gasteiger partial charge on any atom is -0.492 e. The number of nitrogens with two attached hydrogens (primary N) is 1. The zero-order valence-corrected chi connectivity index (χ0v) is 19.4. The summed E-state index contributed by atoms with van der Waals surface area (Å²) < 4.78 is 25.9. The van der Waals surface area contributed by atoms with Crippen LogP contribution in [0.5, 0.6) is 5.75 Å². The third-order valence-corrected chi connectivity index (χ3v) is 10.6. The third-order valence-electron chi connectivity index (χ3n) is 6.08. The van der Waals surface area contributed by atoms with Crippen molar-refractivity contribution in [1.82, 2.24) is 4.90 Å². The highest BCUT2D eigenvalue weighted by Gasteiger charge is 2.39. The Hall–Kier alpha value is -1.15. The Morgan fingerprint density at radius 3 is 2.36 bits per heavy atom. The van der Waals surface area contributed by atoms with Crippen LogP contribution in [0.1, 0.15) is 27.2 Å². The standard InChI is InChI=1S/C21H38FN3O2Si/c1-21(2,3)28(5,6)27-17(10-11-23)16-24-12-14-25(15-13-24)19-9-7-8-18(22)20(19)26-4/h7-9,17H,10-16,23H2,1-6H3/t17-/m1/s1. The predicted molar refractivity (Wildman–Crippen MR) is 117 cm³/mol.